The van der Waals surface area contributed by atoms with Gasteiger partial charge in [0.2, 0.25) is 5.91 Å². The lowest BCUT2D eigenvalue weighted by atomic mass is 10.1. The standard InChI is InChI=1S/C24H27ClN4O2S/c1-4-14-29-23(18(3)31-20-10-11-21(25)17(2)15-20)27-28-24(29)32-16-22(30)26-13-12-19-8-6-5-7-9-19/h4-11,15,18H,1,12-14,16H2,2-3H3,(H,26,30). The molecule has 2 aromatic carbocycles. The molecular formula is C24H27ClN4O2S. The number of halogens is 1. The fourth-order valence-corrected chi connectivity index (χ4v) is 4.03. The number of nitrogens with zero attached hydrogens (tertiary/aromatic N) is 3. The minimum absolute atomic E-state index is 0.0402. The molecule has 0 bridgehead atoms. The molecule has 1 atom stereocenters. The van der Waals surface area contributed by atoms with Gasteiger partial charge in [-0.15, -0.1) is 16.8 Å². The maximum Gasteiger partial charge on any atom is 0.230 e. The van der Waals surface area contributed by atoms with Crippen LogP contribution in [-0.2, 0) is 17.8 Å². The first-order chi connectivity index (χ1) is 15.5. The molecular weight excluding hydrogens is 444 g/mol. The second-order valence-electron chi connectivity index (χ2n) is 7.29. The highest BCUT2D eigenvalue weighted by Crippen LogP contribution is 2.27. The Balaban J connectivity index is 1.57. The number of amides is 1. The zero-order valence-corrected chi connectivity index (χ0v) is 19.8. The number of thioether (sulfide) groups is 1. The quantitative estimate of drug-likeness (QED) is 0.315. The van der Waals surface area contributed by atoms with Crippen molar-refractivity contribution in [3.63, 3.8) is 0 Å². The summed E-state index contributed by atoms with van der Waals surface area (Å²) in [7, 11) is 0. The van der Waals surface area contributed by atoms with Crippen LogP contribution in [0.5, 0.6) is 5.75 Å². The van der Waals surface area contributed by atoms with Crippen LogP contribution in [0.1, 0.15) is 30.0 Å². The van der Waals surface area contributed by atoms with E-state index in [0.29, 0.717) is 34.8 Å². The maximum absolute atomic E-state index is 12.3. The largest absolute Gasteiger partial charge is 0.483 e. The summed E-state index contributed by atoms with van der Waals surface area (Å²) in [6.45, 7) is 8.79. The number of hydrogen-bond acceptors (Lipinski definition) is 5. The number of aromatic nitrogens is 3. The van der Waals surface area contributed by atoms with Crippen LogP contribution in [0.2, 0.25) is 5.02 Å². The Kier molecular flexibility index (Phi) is 8.76. The molecule has 0 fully saturated rings. The predicted octanol–water partition coefficient (Wildman–Crippen LogP) is 5.02. The van der Waals surface area contributed by atoms with E-state index in [1.54, 1.807) is 6.08 Å². The summed E-state index contributed by atoms with van der Waals surface area (Å²) in [6, 6.07) is 15.6. The molecule has 1 aromatic heterocycles. The van der Waals surface area contributed by atoms with Gasteiger partial charge in [-0.25, -0.2) is 0 Å². The molecule has 1 heterocycles. The third-order valence-electron chi connectivity index (χ3n) is 4.77. The number of rotatable bonds is 11. The summed E-state index contributed by atoms with van der Waals surface area (Å²) >= 11 is 7.45. The monoisotopic (exact) mass is 470 g/mol. The third kappa shape index (κ3) is 6.61. The van der Waals surface area contributed by atoms with Crippen molar-refractivity contribution in [3.8, 4) is 5.75 Å². The molecule has 6 nitrogen and oxygen atoms in total. The molecule has 0 saturated carbocycles. The highest BCUT2D eigenvalue weighted by atomic mass is 35.5. The van der Waals surface area contributed by atoms with Gasteiger partial charge in [0.1, 0.15) is 5.75 Å². The normalized spacial score (nSPS) is 11.7. The van der Waals surface area contributed by atoms with E-state index in [0.717, 1.165) is 12.0 Å². The highest BCUT2D eigenvalue weighted by molar-refractivity contribution is 7.99. The average molecular weight is 471 g/mol. The lowest BCUT2D eigenvalue weighted by Gasteiger charge is -2.16. The Morgan fingerprint density at radius 1 is 1.28 bits per heavy atom. The fourth-order valence-electron chi connectivity index (χ4n) is 3.13. The molecule has 168 valence electrons. The molecule has 0 radical (unpaired) electrons. The summed E-state index contributed by atoms with van der Waals surface area (Å²) < 4.78 is 7.97. The summed E-state index contributed by atoms with van der Waals surface area (Å²) in [4.78, 5) is 12.3. The first-order valence-electron chi connectivity index (χ1n) is 10.4. The second-order valence-corrected chi connectivity index (χ2v) is 8.64. The minimum Gasteiger partial charge on any atom is -0.483 e. The van der Waals surface area contributed by atoms with Crippen LogP contribution in [-0.4, -0.2) is 33.0 Å². The lowest BCUT2D eigenvalue weighted by Crippen LogP contribution is -2.27. The first-order valence-corrected chi connectivity index (χ1v) is 11.7. The van der Waals surface area contributed by atoms with Gasteiger partial charge < -0.3 is 10.1 Å². The van der Waals surface area contributed by atoms with Gasteiger partial charge in [0, 0.05) is 18.1 Å². The summed E-state index contributed by atoms with van der Waals surface area (Å²) in [6.07, 6.45) is 2.24. The molecule has 1 unspecified atom stereocenters. The molecule has 0 aliphatic rings. The van der Waals surface area contributed by atoms with Crippen molar-refractivity contribution in [1.82, 2.24) is 20.1 Å². The van der Waals surface area contributed by atoms with Crippen molar-refractivity contribution in [1.29, 1.82) is 0 Å². The van der Waals surface area contributed by atoms with Gasteiger partial charge >= 0.3 is 0 Å². The maximum atomic E-state index is 12.3. The Bertz CT molecular complexity index is 1060. The van der Waals surface area contributed by atoms with E-state index in [4.69, 9.17) is 16.3 Å². The van der Waals surface area contributed by atoms with Gasteiger partial charge in [-0.05, 0) is 49.6 Å². The summed E-state index contributed by atoms with van der Waals surface area (Å²) in [5.74, 6) is 1.60. The zero-order chi connectivity index (χ0) is 22.9. The number of aryl methyl sites for hydroxylation is 1. The number of nitrogens with one attached hydrogen (secondary N) is 1. The smallest absolute Gasteiger partial charge is 0.230 e. The van der Waals surface area contributed by atoms with E-state index >= 15 is 0 Å². The summed E-state index contributed by atoms with van der Waals surface area (Å²) in [5, 5.41) is 12.9. The van der Waals surface area contributed by atoms with Crippen LogP contribution < -0.4 is 10.1 Å². The van der Waals surface area contributed by atoms with Crippen molar-refractivity contribution in [3.05, 3.63) is 83.2 Å². The molecule has 3 aromatic rings. The number of ether oxygens (including phenoxy) is 1. The number of hydrogen-bond donors (Lipinski definition) is 1. The number of carbonyl (C=O) groups is 1. The van der Waals surface area contributed by atoms with Crippen molar-refractivity contribution < 1.29 is 9.53 Å². The van der Waals surface area contributed by atoms with Crippen molar-refractivity contribution in [2.45, 2.75) is 38.1 Å². The first kappa shape index (κ1) is 23.9. The SMILES string of the molecule is C=CCn1c(SCC(=O)NCCc2ccccc2)nnc1C(C)Oc1ccc(Cl)c(C)c1. The predicted molar refractivity (Wildman–Crippen MR) is 129 cm³/mol. The Labute approximate surface area is 198 Å². The fraction of sp³-hybridized carbons (Fsp3) is 0.292. The topological polar surface area (TPSA) is 69.0 Å². The molecule has 1 amide bonds. The molecule has 8 heteroatoms. The van der Waals surface area contributed by atoms with E-state index in [1.165, 1.54) is 17.3 Å². The van der Waals surface area contributed by atoms with Crippen LogP contribution in [0.25, 0.3) is 0 Å². The lowest BCUT2D eigenvalue weighted by molar-refractivity contribution is -0.118. The average Bonchev–Trinajstić information content (AvgIpc) is 3.18. The van der Waals surface area contributed by atoms with Gasteiger partial charge in [0.15, 0.2) is 17.1 Å². The van der Waals surface area contributed by atoms with E-state index in [1.807, 2.05) is 54.8 Å². The molecule has 1 N–H and O–H groups in total. The molecule has 3 rings (SSSR count). The second kappa shape index (κ2) is 11.7. The van der Waals surface area contributed by atoms with Crippen molar-refractivity contribution >= 4 is 29.3 Å². The van der Waals surface area contributed by atoms with Crippen molar-refractivity contribution in [2.75, 3.05) is 12.3 Å². The Morgan fingerprint density at radius 2 is 2.06 bits per heavy atom. The molecule has 0 saturated heterocycles. The van der Waals surface area contributed by atoms with E-state index < -0.39 is 0 Å². The van der Waals surface area contributed by atoms with Gasteiger partial charge in [-0.3, -0.25) is 9.36 Å². The van der Waals surface area contributed by atoms with Gasteiger partial charge in [-0.1, -0.05) is 59.8 Å². The Morgan fingerprint density at radius 3 is 2.78 bits per heavy atom. The number of benzene rings is 2. The van der Waals surface area contributed by atoms with Gasteiger partial charge in [-0.2, -0.15) is 0 Å². The molecule has 0 spiro atoms. The molecule has 0 aliphatic heterocycles. The van der Waals surface area contributed by atoms with E-state index in [9.17, 15) is 4.79 Å². The third-order valence-corrected chi connectivity index (χ3v) is 6.16. The number of carbonyl (C=O) groups excluding carboxylic acids is 1. The number of allylic oxidation sites excluding steroid dienone is 1. The summed E-state index contributed by atoms with van der Waals surface area (Å²) in [5.41, 5.74) is 2.14. The molecule has 32 heavy (non-hydrogen) atoms. The van der Waals surface area contributed by atoms with Gasteiger partial charge in [0.05, 0.1) is 5.75 Å². The van der Waals surface area contributed by atoms with Crippen LogP contribution >= 0.6 is 23.4 Å². The van der Waals surface area contributed by atoms with Gasteiger partial charge in [0.25, 0.3) is 0 Å². The van der Waals surface area contributed by atoms with E-state index in [2.05, 4.69) is 34.2 Å². The highest BCUT2D eigenvalue weighted by Gasteiger charge is 2.20. The minimum atomic E-state index is -0.336. The Hall–Kier alpha value is -2.77. The van der Waals surface area contributed by atoms with Crippen LogP contribution in [0.15, 0.2) is 66.3 Å². The van der Waals surface area contributed by atoms with Crippen molar-refractivity contribution in [2.24, 2.45) is 0 Å². The zero-order valence-electron chi connectivity index (χ0n) is 18.3. The van der Waals surface area contributed by atoms with E-state index in [-0.39, 0.29) is 17.8 Å². The van der Waals surface area contributed by atoms with Crippen LogP contribution in [0, 0.1) is 6.92 Å². The molecule has 0 aliphatic carbocycles. The van der Waals surface area contributed by atoms with Crippen LogP contribution in [0.4, 0.5) is 0 Å². The van der Waals surface area contributed by atoms with Crippen LogP contribution in [0.3, 0.4) is 0 Å².